The Morgan fingerprint density at radius 3 is 2.83 bits per heavy atom. The molecular weight excluding hydrogens is 236 g/mol. The minimum Gasteiger partial charge on any atom is -0.454 e. The van der Waals surface area contributed by atoms with Gasteiger partial charge in [0, 0.05) is 6.61 Å². The first-order valence-corrected chi connectivity index (χ1v) is 6.04. The van der Waals surface area contributed by atoms with Gasteiger partial charge in [-0.1, -0.05) is 6.07 Å². The fourth-order valence-corrected chi connectivity index (χ4v) is 1.67. The van der Waals surface area contributed by atoms with Crippen molar-refractivity contribution in [2.45, 2.75) is 13.0 Å². The molecule has 1 heterocycles. The third kappa shape index (κ3) is 3.35. The summed E-state index contributed by atoms with van der Waals surface area (Å²) in [4.78, 5) is 0. The maximum Gasteiger partial charge on any atom is 0.231 e. The first kappa shape index (κ1) is 13.1. The Morgan fingerprint density at radius 2 is 2.00 bits per heavy atom. The molecule has 0 aliphatic carbocycles. The van der Waals surface area contributed by atoms with Crippen LogP contribution in [0.5, 0.6) is 11.5 Å². The lowest BCUT2D eigenvalue weighted by atomic mass is 10.1. The predicted molar refractivity (Wildman–Crippen MR) is 64.8 cm³/mol. The van der Waals surface area contributed by atoms with Crippen LogP contribution in [0, 0.1) is 0 Å². The maximum atomic E-state index is 9.95. The molecule has 1 aliphatic rings. The van der Waals surface area contributed by atoms with E-state index in [0.717, 1.165) is 5.56 Å². The molecule has 1 N–H and O–H groups in total. The van der Waals surface area contributed by atoms with E-state index in [2.05, 4.69) is 0 Å². The fraction of sp³-hybridized carbons (Fsp3) is 0.538. The van der Waals surface area contributed by atoms with Gasteiger partial charge in [-0.05, 0) is 24.6 Å². The zero-order valence-electron chi connectivity index (χ0n) is 10.4. The van der Waals surface area contributed by atoms with Crippen LogP contribution in [-0.2, 0) is 9.47 Å². The Hall–Kier alpha value is -1.30. The van der Waals surface area contributed by atoms with Crippen LogP contribution in [-0.4, -0.2) is 38.3 Å². The van der Waals surface area contributed by atoms with E-state index in [0.29, 0.717) is 31.3 Å². The van der Waals surface area contributed by atoms with Gasteiger partial charge in [0.05, 0.1) is 19.8 Å². The van der Waals surface area contributed by atoms with Gasteiger partial charge in [-0.2, -0.15) is 0 Å². The van der Waals surface area contributed by atoms with Crippen molar-refractivity contribution in [1.29, 1.82) is 0 Å². The standard InChI is InChI=1S/C13H18O5/c1-2-15-5-6-16-8-11(14)10-3-4-12-13(7-10)18-9-17-12/h3-4,7,11,14H,2,5-6,8-9H2,1H3. The van der Waals surface area contributed by atoms with E-state index in [9.17, 15) is 5.11 Å². The molecule has 5 nitrogen and oxygen atoms in total. The molecule has 1 unspecified atom stereocenters. The van der Waals surface area contributed by atoms with E-state index in [-0.39, 0.29) is 13.4 Å². The summed E-state index contributed by atoms with van der Waals surface area (Å²) in [5.74, 6) is 1.38. The number of hydrogen-bond donors (Lipinski definition) is 1. The van der Waals surface area contributed by atoms with Gasteiger partial charge in [0.15, 0.2) is 11.5 Å². The van der Waals surface area contributed by atoms with Crippen LogP contribution in [0.2, 0.25) is 0 Å². The van der Waals surface area contributed by atoms with Crippen molar-refractivity contribution in [3.8, 4) is 11.5 Å². The van der Waals surface area contributed by atoms with E-state index in [1.807, 2.05) is 13.0 Å². The average Bonchev–Trinajstić information content (AvgIpc) is 2.85. The van der Waals surface area contributed by atoms with Crippen molar-refractivity contribution >= 4 is 0 Å². The second-order valence-corrected chi connectivity index (χ2v) is 3.90. The second-order valence-electron chi connectivity index (χ2n) is 3.90. The van der Waals surface area contributed by atoms with E-state index >= 15 is 0 Å². The minimum absolute atomic E-state index is 0.236. The van der Waals surface area contributed by atoms with Crippen LogP contribution in [0.25, 0.3) is 0 Å². The highest BCUT2D eigenvalue weighted by molar-refractivity contribution is 5.45. The molecule has 0 saturated heterocycles. The molecule has 0 radical (unpaired) electrons. The van der Waals surface area contributed by atoms with Crippen LogP contribution in [0.15, 0.2) is 18.2 Å². The lowest BCUT2D eigenvalue weighted by Gasteiger charge is -2.12. The third-order valence-corrected chi connectivity index (χ3v) is 2.63. The summed E-state index contributed by atoms with van der Waals surface area (Å²) in [6.07, 6.45) is -0.666. The predicted octanol–water partition coefficient (Wildman–Crippen LogP) is 1.50. The maximum absolute atomic E-state index is 9.95. The zero-order valence-corrected chi connectivity index (χ0v) is 10.4. The van der Waals surface area contributed by atoms with Crippen molar-refractivity contribution in [3.63, 3.8) is 0 Å². The van der Waals surface area contributed by atoms with Crippen molar-refractivity contribution in [2.24, 2.45) is 0 Å². The Labute approximate surface area is 106 Å². The highest BCUT2D eigenvalue weighted by Crippen LogP contribution is 2.34. The summed E-state index contributed by atoms with van der Waals surface area (Å²) in [5, 5.41) is 9.95. The molecule has 18 heavy (non-hydrogen) atoms. The average molecular weight is 254 g/mol. The molecule has 0 bridgehead atoms. The van der Waals surface area contributed by atoms with Crippen molar-refractivity contribution in [3.05, 3.63) is 23.8 Å². The number of benzene rings is 1. The first-order chi connectivity index (χ1) is 8.81. The number of aliphatic hydroxyl groups excluding tert-OH is 1. The summed E-state index contributed by atoms with van der Waals surface area (Å²) < 4.78 is 20.9. The molecular formula is C13H18O5. The summed E-state index contributed by atoms with van der Waals surface area (Å²) >= 11 is 0. The highest BCUT2D eigenvalue weighted by Gasteiger charge is 2.16. The summed E-state index contributed by atoms with van der Waals surface area (Å²) in [6, 6.07) is 5.38. The van der Waals surface area contributed by atoms with Crippen molar-refractivity contribution in [2.75, 3.05) is 33.2 Å². The fourth-order valence-electron chi connectivity index (χ4n) is 1.67. The Bertz CT molecular complexity index is 380. The molecule has 1 atom stereocenters. The van der Waals surface area contributed by atoms with Gasteiger partial charge in [-0.3, -0.25) is 0 Å². The largest absolute Gasteiger partial charge is 0.454 e. The third-order valence-electron chi connectivity index (χ3n) is 2.63. The molecule has 1 aliphatic heterocycles. The Kier molecular flexibility index (Phi) is 4.81. The van der Waals surface area contributed by atoms with Crippen LogP contribution >= 0.6 is 0 Å². The van der Waals surface area contributed by atoms with E-state index in [4.69, 9.17) is 18.9 Å². The molecule has 1 aromatic rings. The van der Waals surface area contributed by atoms with Gasteiger partial charge < -0.3 is 24.1 Å². The van der Waals surface area contributed by atoms with Gasteiger partial charge in [-0.25, -0.2) is 0 Å². The first-order valence-electron chi connectivity index (χ1n) is 6.04. The van der Waals surface area contributed by atoms with Gasteiger partial charge in [0.25, 0.3) is 0 Å². The topological polar surface area (TPSA) is 57.2 Å². The normalized spacial score (nSPS) is 14.8. The molecule has 2 rings (SSSR count). The van der Waals surface area contributed by atoms with Crippen LogP contribution < -0.4 is 9.47 Å². The van der Waals surface area contributed by atoms with E-state index in [1.54, 1.807) is 12.1 Å². The quantitative estimate of drug-likeness (QED) is 0.747. The Balaban J connectivity index is 1.80. The minimum atomic E-state index is -0.666. The van der Waals surface area contributed by atoms with Crippen LogP contribution in [0.3, 0.4) is 0 Å². The highest BCUT2D eigenvalue weighted by atomic mass is 16.7. The van der Waals surface area contributed by atoms with Gasteiger partial charge >= 0.3 is 0 Å². The zero-order chi connectivity index (χ0) is 12.8. The smallest absolute Gasteiger partial charge is 0.231 e. The second kappa shape index (κ2) is 6.58. The monoisotopic (exact) mass is 254 g/mol. The molecule has 0 aromatic heterocycles. The summed E-state index contributed by atoms with van der Waals surface area (Å²) in [6.45, 7) is 4.11. The number of fused-ring (bicyclic) bond motifs is 1. The Morgan fingerprint density at radius 1 is 1.22 bits per heavy atom. The molecule has 0 saturated carbocycles. The SMILES string of the molecule is CCOCCOCC(O)c1ccc2c(c1)OCO2. The number of ether oxygens (including phenoxy) is 4. The molecule has 0 fully saturated rings. The molecule has 1 aromatic carbocycles. The summed E-state index contributed by atoms with van der Waals surface area (Å²) in [7, 11) is 0. The van der Waals surface area contributed by atoms with Gasteiger partial charge in [0.1, 0.15) is 6.10 Å². The lowest BCUT2D eigenvalue weighted by molar-refractivity contribution is 0.00526. The van der Waals surface area contributed by atoms with E-state index < -0.39 is 6.10 Å². The summed E-state index contributed by atoms with van der Waals surface area (Å²) in [5.41, 5.74) is 0.760. The van der Waals surface area contributed by atoms with E-state index in [1.165, 1.54) is 0 Å². The van der Waals surface area contributed by atoms with Gasteiger partial charge in [-0.15, -0.1) is 0 Å². The van der Waals surface area contributed by atoms with Crippen molar-refractivity contribution < 1.29 is 24.1 Å². The molecule has 100 valence electrons. The number of aliphatic hydroxyl groups is 1. The number of hydrogen-bond acceptors (Lipinski definition) is 5. The molecule has 0 amide bonds. The number of rotatable bonds is 7. The van der Waals surface area contributed by atoms with Crippen LogP contribution in [0.1, 0.15) is 18.6 Å². The van der Waals surface area contributed by atoms with Crippen molar-refractivity contribution in [1.82, 2.24) is 0 Å². The molecule has 0 spiro atoms. The van der Waals surface area contributed by atoms with Gasteiger partial charge in [0.2, 0.25) is 6.79 Å². The lowest BCUT2D eigenvalue weighted by Crippen LogP contribution is -2.11. The molecule has 5 heteroatoms. The van der Waals surface area contributed by atoms with Crippen LogP contribution in [0.4, 0.5) is 0 Å².